The number of benzene rings is 2. The molecular weight excluding hydrogens is 344 g/mol. The molecule has 0 aliphatic rings. The zero-order chi connectivity index (χ0) is 19.8. The number of hydrogen-bond acceptors (Lipinski definition) is 4. The summed E-state index contributed by atoms with van der Waals surface area (Å²) in [7, 11) is 0. The van der Waals surface area contributed by atoms with Crippen LogP contribution in [0.5, 0.6) is 0 Å². The fourth-order valence-corrected chi connectivity index (χ4v) is 3.68. The Hall–Kier alpha value is -2.88. The Kier molecular flexibility index (Phi) is 4.58. The van der Waals surface area contributed by atoms with Crippen LogP contribution in [0.3, 0.4) is 0 Å². The van der Waals surface area contributed by atoms with Crippen molar-refractivity contribution in [2.24, 2.45) is 0 Å². The third-order valence-corrected chi connectivity index (χ3v) is 5.68. The molecule has 0 radical (unpaired) electrons. The minimum absolute atomic E-state index is 0.0953. The molecule has 0 unspecified atom stereocenters. The highest BCUT2D eigenvalue weighted by molar-refractivity contribution is 5.84. The summed E-state index contributed by atoms with van der Waals surface area (Å²) in [4.78, 5) is 9.49. The monoisotopic (exact) mass is 370 g/mol. The zero-order valence-electron chi connectivity index (χ0n) is 17.0. The third-order valence-electron chi connectivity index (χ3n) is 5.68. The molecule has 0 aliphatic carbocycles. The third kappa shape index (κ3) is 3.47. The molecule has 142 valence electrons. The fraction of sp³-hybridized carbons (Fsp3) is 0.333. The Morgan fingerprint density at radius 3 is 2.25 bits per heavy atom. The van der Waals surface area contributed by atoms with Gasteiger partial charge in [0.25, 0.3) is 0 Å². The van der Waals surface area contributed by atoms with Crippen LogP contribution in [0.2, 0.25) is 0 Å². The van der Waals surface area contributed by atoms with Crippen LogP contribution < -0.4 is 0 Å². The van der Waals surface area contributed by atoms with Gasteiger partial charge in [0.15, 0.2) is 0 Å². The summed E-state index contributed by atoms with van der Waals surface area (Å²) in [6, 6.07) is 16.5. The predicted molar refractivity (Wildman–Crippen MR) is 114 cm³/mol. The van der Waals surface area contributed by atoms with Gasteiger partial charge in [0.05, 0.1) is 17.4 Å². The van der Waals surface area contributed by atoms with E-state index in [0.29, 0.717) is 0 Å². The lowest BCUT2D eigenvalue weighted by Crippen LogP contribution is -2.27. The van der Waals surface area contributed by atoms with Crippen LogP contribution in [0, 0.1) is 0 Å². The van der Waals surface area contributed by atoms with Crippen molar-refractivity contribution in [3.8, 4) is 0 Å². The van der Waals surface area contributed by atoms with E-state index in [9.17, 15) is 0 Å². The number of aromatic nitrogens is 4. The van der Waals surface area contributed by atoms with Crippen LogP contribution in [0.4, 0.5) is 0 Å². The number of rotatable bonds is 5. The molecule has 2 heterocycles. The lowest BCUT2D eigenvalue weighted by atomic mass is 9.76. The Balaban J connectivity index is 1.60. The van der Waals surface area contributed by atoms with Crippen molar-refractivity contribution >= 4 is 21.7 Å². The second kappa shape index (κ2) is 6.93. The molecule has 0 saturated carbocycles. The summed E-state index contributed by atoms with van der Waals surface area (Å²) in [6.07, 6.45) is 5.70. The topological polar surface area (TPSA) is 51.6 Å². The molecule has 28 heavy (non-hydrogen) atoms. The lowest BCUT2D eigenvalue weighted by Gasteiger charge is -2.30. The SMILES string of the molecule is CC(C)(CCC(C)(C)c1nncc2ccccc12)c1ncc2ccccc2n1. The van der Waals surface area contributed by atoms with Crippen molar-refractivity contribution in [1.82, 2.24) is 20.2 Å². The lowest BCUT2D eigenvalue weighted by molar-refractivity contribution is 0.358. The summed E-state index contributed by atoms with van der Waals surface area (Å²) in [5.41, 5.74) is 1.84. The molecule has 4 aromatic rings. The molecule has 0 bridgehead atoms. The van der Waals surface area contributed by atoms with E-state index in [1.165, 1.54) is 5.39 Å². The van der Waals surface area contributed by atoms with Gasteiger partial charge in [-0.15, -0.1) is 0 Å². The molecule has 0 aliphatic heterocycles. The molecule has 4 rings (SSSR count). The first kappa shape index (κ1) is 18.5. The van der Waals surface area contributed by atoms with Gasteiger partial charge in [-0.3, -0.25) is 0 Å². The maximum Gasteiger partial charge on any atom is 0.134 e. The first-order chi connectivity index (χ1) is 13.4. The highest BCUT2D eigenvalue weighted by atomic mass is 15.1. The summed E-state index contributed by atoms with van der Waals surface area (Å²) >= 11 is 0. The highest BCUT2D eigenvalue weighted by Crippen LogP contribution is 2.36. The molecular formula is C24H26N4. The van der Waals surface area contributed by atoms with E-state index in [2.05, 4.69) is 67.1 Å². The normalized spacial score (nSPS) is 12.6. The van der Waals surface area contributed by atoms with Crippen LogP contribution in [0.1, 0.15) is 52.1 Å². The number of nitrogens with zero attached hydrogens (tertiary/aromatic N) is 4. The number of para-hydroxylation sites is 1. The predicted octanol–water partition coefficient (Wildman–Crippen LogP) is 5.61. The van der Waals surface area contributed by atoms with Crippen LogP contribution >= 0.6 is 0 Å². The van der Waals surface area contributed by atoms with E-state index in [4.69, 9.17) is 4.98 Å². The molecule has 0 N–H and O–H groups in total. The van der Waals surface area contributed by atoms with E-state index in [-0.39, 0.29) is 10.8 Å². The smallest absolute Gasteiger partial charge is 0.134 e. The summed E-state index contributed by atoms with van der Waals surface area (Å²) < 4.78 is 0. The molecule has 0 saturated heterocycles. The van der Waals surface area contributed by atoms with Crippen LogP contribution in [-0.4, -0.2) is 20.2 Å². The van der Waals surface area contributed by atoms with Gasteiger partial charge in [-0.1, -0.05) is 70.2 Å². The van der Waals surface area contributed by atoms with E-state index in [1.807, 2.05) is 36.7 Å². The molecule has 2 aromatic carbocycles. The van der Waals surface area contributed by atoms with Crippen molar-refractivity contribution in [2.75, 3.05) is 0 Å². The van der Waals surface area contributed by atoms with Crippen LogP contribution in [0.15, 0.2) is 60.9 Å². The zero-order valence-corrected chi connectivity index (χ0v) is 17.0. The van der Waals surface area contributed by atoms with E-state index >= 15 is 0 Å². The Bertz CT molecular complexity index is 1130. The standard InChI is InChI=1S/C24H26N4/c1-23(2,21-19-11-7-5-9-17(19)16-26-28-21)13-14-24(3,4)22-25-15-18-10-6-8-12-20(18)27-22/h5-12,15-16H,13-14H2,1-4H3. The molecule has 0 spiro atoms. The molecule has 0 atom stereocenters. The second-order valence-electron chi connectivity index (χ2n) is 8.80. The Labute approximate surface area is 166 Å². The van der Waals surface area contributed by atoms with Gasteiger partial charge in [-0.25, -0.2) is 9.97 Å². The largest absolute Gasteiger partial charge is 0.240 e. The van der Waals surface area contributed by atoms with Crippen molar-refractivity contribution in [3.63, 3.8) is 0 Å². The van der Waals surface area contributed by atoms with Gasteiger partial charge >= 0.3 is 0 Å². The molecule has 0 amide bonds. The molecule has 2 aromatic heterocycles. The van der Waals surface area contributed by atoms with Gasteiger partial charge in [0, 0.05) is 33.2 Å². The molecule has 0 fully saturated rings. The summed E-state index contributed by atoms with van der Waals surface area (Å²) in [6.45, 7) is 8.95. The number of hydrogen-bond donors (Lipinski definition) is 0. The first-order valence-electron chi connectivity index (χ1n) is 9.80. The maximum atomic E-state index is 4.83. The Morgan fingerprint density at radius 2 is 1.43 bits per heavy atom. The minimum Gasteiger partial charge on any atom is -0.240 e. The van der Waals surface area contributed by atoms with Gasteiger partial charge in [0.1, 0.15) is 5.82 Å². The van der Waals surface area contributed by atoms with Gasteiger partial charge in [-0.2, -0.15) is 10.2 Å². The second-order valence-corrected chi connectivity index (χ2v) is 8.80. The van der Waals surface area contributed by atoms with Crippen molar-refractivity contribution in [1.29, 1.82) is 0 Å². The first-order valence-corrected chi connectivity index (χ1v) is 9.80. The van der Waals surface area contributed by atoms with E-state index in [0.717, 1.165) is 40.6 Å². The van der Waals surface area contributed by atoms with E-state index in [1.54, 1.807) is 0 Å². The number of fused-ring (bicyclic) bond motifs is 2. The average molecular weight is 371 g/mol. The fourth-order valence-electron chi connectivity index (χ4n) is 3.68. The van der Waals surface area contributed by atoms with Gasteiger partial charge in [-0.05, 0) is 18.9 Å². The van der Waals surface area contributed by atoms with Crippen molar-refractivity contribution in [3.05, 3.63) is 72.4 Å². The molecule has 4 heteroatoms. The molecule has 4 nitrogen and oxygen atoms in total. The summed E-state index contributed by atoms with van der Waals surface area (Å²) in [5, 5.41) is 12.1. The maximum absolute atomic E-state index is 4.83. The summed E-state index contributed by atoms with van der Waals surface area (Å²) in [5.74, 6) is 0.894. The van der Waals surface area contributed by atoms with Crippen molar-refractivity contribution in [2.45, 2.75) is 51.4 Å². The Morgan fingerprint density at radius 1 is 0.750 bits per heavy atom. The average Bonchev–Trinajstić information content (AvgIpc) is 2.71. The quantitative estimate of drug-likeness (QED) is 0.458. The van der Waals surface area contributed by atoms with E-state index < -0.39 is 0 Å². The minimum atomic E-state index is -0.126. The van der Waals surface area contributed by atoms with Crippen LogP contribution in [-0.2, 0) is 10.8 Å². The van der Waals surface area contributed by atoms with Crippen LogP contribution in [0.25, 0.3) is 21.7 Å². The van der Waals surface area contributed by atoms with Gasteiger partial charge < -0.3 is 0 Å². The highest BCUT2D eigenvalue weighted by Gasteiger charge is 2.31. The van der Waals surface area contributed by atoms with Crippen molar-refractivity contribution < 1.29 is 0 Å². The van der Waals surface area contributed by atoms with Gasteiger partial charge in [0.2, 0.25) is 0 Å².